The highest BCUT2D eigenvalue weighted by atomic mass is 16.1. The second-order valence-electron chi connectivity index (χ2n) is 5.18. The van der Waals surface area contributed by atoms with Gasteiger partial charge in [-0.1, -0.05) is 6.92 Å². The fourth-order valence-corrected chi connectivity index (χ4v) is 3.14. The predicted molar refractivity (Wildman–Crippen MR) is 69.4 cm³/mol. The standard InChI is InChI=1S/C13H18N4O/c1-2-17-8-13(5-10(17)7-16-13)12(18)9-3-4-11(14)15-6-9/h3-4,6,10,16H,2,5,7-8H2,1H3,(H2,14,15). The summed E-state index contributed by atoms with van der Waals surface area (Å²) < 4.78 is 0. The minimum atomic E-state index is -0.404. The topological polar surface area (TPSA) is 71.2 Å². The highest BCUT2D eigenvalue weighted by Crippen LogP contribution is 2.34. The van der Waals surface area contributed by atoms with Crippen LogP contribution in [0.5, 0.6) is 0 Å². The molecule has 1 aromatic heterocycles. The van der Waals surface area contributed by atoms with Gasteiger partial charge in [-0.3, -0.25) is 9.69 Å². The Morgan fingerprint density at radius 2 is 2.50 bits per heavy atom. The van der Waals surface area contributed by atoms with Crippen LogP contribution in [-0.2, 0) is 0 Å². The Morgan fingerprint density at radius 3 is 3.11 bits per heavy atom. The number of hydrogen-bond donors (Lipinski definition) is 2. The number of nitrogens with zero attached hydrogens (tertiary/aromatic N) is 2. The Kier molecular flexibility index (Phi) is 2.60. The molecular formula is C13H18N4O. The molecule has 2 aliphatic rings. The fourth-order valence-electron chi connectivity index (χ4n) is 3.14. The molecule has 0 radical (unpaired) electrons. The van der Waals surface area contributed by atoms with Gasteiger partial charge in [-0.25, -0.2) is 4.98 Å². The van der Waals surface area contributed by atoms with Crippen LogP contribution >= 0.6 is 0 Å². The number of carbonyl (C=O) groups is 1. The van der Waals surface area contributed by atoms with Crippen LogP contribution in [0.25, 0.3) is 0 Å². The number of rotatable bonds is 3. The van der Waals surface area contributed by atoms with Gasteiger partial charge in [-0.05, 0) is 25.1 Å². The smallest absolute Gasteiger partial charge is 0.185 e. The van der Waals surface area contributed by atoms with E-state index in [-0.39, 0.29) is 5.78 Å². The van der Waals surface area contributed by atoms with Crippen LogP contribution in [0.2, 0.25) is 0 Å². The molecule has 5 heteroatoms. The third-order valence-electron chi connectivity index (χ3n) is 4.14. The maximum atomic E-state index is 12.6. The molecule has 3 rings (SSSR count). The Labute approximate surface area is 106 Å². The number of carbonyl (C=O) groups excluding carboxylic acids is 1. The van der Waals surface area contributed by atoms with E-state index in [2.05, 4.69) is 22.1 Å². The third kappa shape index (κ3) is 1.62. The van der Waals surface area contributed by atoms with Gasteiger partial charge in [0.1, 0.15) is 5.82 Å². The number of nitrogens with two attached hydrogens (primary N) is 1. The molecule has 2 unspecified atom stereocenters. The maximum absolute atomic E-state index is 12.6. The minimum Gasteiger partial charge on any atom is -0.384 e. The number of pyridine rings is 1. The Bertz CT molecular complexity index is 472. The van der Waals surface area contributed by atoms with Crippen LogP contribution in [0.4, 0.5) is 5.82 Å². The summed E-state index contributed by atoms with van der Waals surface area (Å²) in [6.45, 7) is 4.85. The molecule has 1 aromatic rings. The first-order chi connectivity index (χ1) is 8.64. The first kappa shape index (κ1) is 11.6. The summed E-state index contributed by atoms with van der Waals surface area (Å²) in [5.41, 5.74) is 5.80. The molecule has 2 atom stereocenters. The average Bonchev–Trinajstić information content (AvgIpc) is 2.97. The summed E-state index contributed by atoms with van der Waals surface area (Å²) in [6, 6.07) is 3.95. The molecule has 2 saturated heterocycles. The number of piperazine rings is 1. The second kappa shape index (κ2) is 4.03. The van der Waals surface area contributed by atoms with Crippen molar-refractivity contribution < 1.29 is 4.79 Å². The largest absolute Gasteiger partial charge is 0.384 e. The number of likely N-dealkylation sites (tertiary alicyclic amines) is 1. The average molecular weight is 246 g/mol. The summed E-state index contributed by atoms with van der Waals surface area (Å²) in [4.78, 5) is 19.0. The zero-order valence-electron chi connectivity index (χ0n) is 10.5. The summed E-state index contributed by atoms with van der Waals surface area (Å²) >= 11 is 0. The van der Waals surface area contributed by atoms with E-state index in [0.717, 1.165) is 26.1 Å². The zero-order valence-corrected chi connectivity index (χ0v) is 10.5. The monoisotopic (exact) mass is 246 g/mol. The number of hydrogen-bond acceptors (Lipinski definition) is 5. The van der Waals surface area contributed by atoms with Gasteiger partial charge in [0.2, 0.25) is 0 Å². The van der Waals surface area contributed by atoms with Gasteiger partial charge in [-0.15, -0.1) is 0 Å². The van der Waals surface area contributed by atoms with Crippen LogP contribution < -0.4 is 11.1 Å². The lowest BCUT2D eigenvalue weighted by Gasteiger charge is -2.31. The summed E-state index contributed by atoms with van der Waals surface area (Å²) in [5.74, 6) is 0.594. The van der Waals surface area contributed by atoms with Gasteiger partial charge in [0, 0.05) is 30.9 Å². The third-order valence-corrected chi connectivity index (χ3v) is 4.14. The van der Waals surface area contributed by atoms with Gasteiger partial charge in [-0.2, -0.15) is 0 Å². The van der Waals surface area contributed by atoms with Crippen molar-refractivity contribution in [2.45, 2.75) is 24.9 Å². The van der Waals surface area contributed by atoms with Gasteiger partial charge < -0.3 is 11.1 Å². The Hall–Kier alpha value is -1.46. The first-order valence-corrected chi connectivity index (χ1v) is 6.40. The number of nitrogen functional groups attached to an aromatic ring is 1. The lowest BCUT2D eigenvalue weighted by molar-refractivity contribution is 0.0847. The highest BCUT2D eigenvalue weighted by molar-refractivity contribution is 6.04. The molecule has 3 N–H and O–H groups in total. The van der Waals surface area contributed by atoms with Crippen LogP contribution in [0.1, 0.15) is 23.7 Å². The number of anilines is 1. The molecule has 0 amide bonds. The number of likely N-dealkylation sites (N-methyl/N-ethyl adjacent to an activating group) is 1. The second-order valence-corrected chi connectivity index (χ2v) is 5.18. The van der Waals surface area contributed by atoms with Gasteiger partial charge >= 0.3 is 0 Å². The Balaban J connectivity index is 1.87. The van der Waals surface area contributed by atoms with Crippen molar-refractivity contribution >= 4 is 11.6 Å². The van der Waals surface area contributed by atoms with E-state index in [1.54, 1.807) is 18.3 Å². The van der Waals surface area contributed by atoms with Crippen LogP contribution in [-0.4, -0.2) is 46.9 Å². The maximum Gasteiger partial charge on any atom is 0.185 e. The predicted octanol–water partition coefficient (Wildman–Crippen LogP) is 0.283. The summed E-state index contributed by atoms with van der Waals surface area (Å²) in [5, 5.41) is 3.40. The van der Waals surface area contributed by atoms with E-state index in [4.69, 9.17) is 5.73 Å². The molecule has 0 aliphatic carbocycles. The molecular weight excluding hydrogens is 228 g/mol. The van der Waals surface area contributed by atoms with Crippen LogP contribution in [0.15, 0.2) is 18.3 Å². The van der Waals surface area contributed by atoms with Crippen LogP contribution in [0.3, 0.4) is 0 Å². The lowest BCUT2D eigenvalue weighted by atomic mass is 9.90. The first-order valence-electron chi connectivity index (χ1n) is 6.40. The number of ketones is 1. The molecule has 0 saturated carbocycles. The van der Waals surface area contributed by atoms with Gasteiger partial charge in [0.05, 0.1) is 5.54 Å². The van der Waals surface area contributed by atoms with Crippen molar-refractivity contribution in [2.75, 3.05) is 25.4 Å². The van der Waals surface area contributed by atoms with E-state index < -0.39 is 5.54 Å². The number of aromatic nitrogens is 1. The lowest BCUT2D eigenvalue weighted by Crippen LogP contribution is -2.55. The van der Waals surface area contributed by atoms with E-state index in [9.17, 15) is 4.79 Å². The summed E-state index contributed by atoms with van der Waals surface area (Å²) in [6.07, 6.45) is 2.49. The van der Waals surface area contributed by atoms with E-state index in [1.165, 1.54) is 0 Å². The molecule has 0 spiro atoms. The van der Waals surface area contributed by atoms with Crippen molar-refractivity contribution in [3.8, 4) is 0 Å². The van der Waals surface area contributed by atoms with Gasteiger partial charge in [0.25, 0.3) is 0 Å². The molecule has 2 aliphatic heterocycles. The van der Waals surface area contributed by atoms with Crippen molar-refractivity contribution in [3.63, 3.8) is 0 Å². The minimum absolute atomic E-state index is 0.147. The van der Waals surface area contributed by atoms with Crippen molar-refractivity contribution in [2.24, 2.45) is 0 Å². The van der Waals surface area contributed by atoms with E-state index in [0.29, 0.717) is 17.4 Å². The molecule has 18 heavy (non-hydrogen) atoms. The SMILES string of the molecule is CCN1CC2(C(=O)c3ccc(N)nc3)CC1CN2. The molecule has 3 heterocycles. The Morgan fingerprint density at radius 1 is 1.67 bits per heavy atom. The number of nitrogens with one attached hydrogen (secondary N) is 1. The van der Waals surface area contributed by atoms with Crippen LogP contribution in [0, 0.1) is 0 Å². The molecule has 2 bridgehead atoms. The normalized spacial score (nSPS) is 30.8. The summed E-state index contributed by atoms with van der Waals surface area (Å²) in [7, 11) is 0. The van der Waals surface area contributed by atoms with E-state index in [1.807, 2.05) is 0 Å². The quantitative estimate of drug-likeness (QED) is 0.750. The van der Waals surface area contributed by atoms with Crippen molar-refractivity contribution in [1.82, 2.24) is 15.2 Å². The van der Waals surface area contributed by atoms with Crippen molar-refractivity contribution in [3.05, 3.63) is 23.9 Å². The van der Waals surface area contributed by atoms with Gasteiger partial charge in [0.15, 0.2) is 5.78 Å². The molecule has 5 nitrogen and oxygen atoms in total. The fraction of sp³-hybridized carbons (Fsp3) is 0.538. The zero-order chi connectivity index (χ0) is 12.8. The molecule has 0 aromatic carbocycles. The number of fused-ring (bicyclic) bond motifs is 2. The van der Waals surface area contributed by atoms with E-state index >= 15 is 0 Å². The number of Topliss-reactive ketones (excluding diaryl/α,β-unsaturated/α-hetero) is 1. The molecule has 96 valence electrons. The molecule has 2 fully saturated rings. The highest BCUT2D eigenvalue weighted by Gasteiger charge is 2.53. The van der Waals surface area contributed by atoms with Crippen molar-refractivity contribution in [1.29, 1.82) is 0 Å².